The lowest BCUT2D eigenvalue weighted by Gasteiger charge is -2.38. The van der Waals surface area contributed by atoms with Crippen LogP contribution in [0.2, 0.25) is 0 Å². The van der Waals surface area contributed by atoms with Crippen LogP contribution in [0.25, 0.3) is 0 Å². The van der Waals surface area contributed by atoms with Gasteiger partial charge in [-0.2, -0.15) is 0 Å². The van der Waals surface area contributed by atoms with Crippen molar-refractivity contribution in [2.45, 2.75) is 25.4 Å². The zero-order valence-corrected chi connectivity index (χ0v) is 11.6. The highest BCUT2D eigenvalue weighted by atomic mass is 79.9. The molecular weight excluding hydrogens is 288 g/mol. The highest BCUT2D eigenvalue weighted by Crippen LogP contribution is 2.36. The first-order valence-electron chi connectivity index (χ1n) is 5.53. The Labute approximate surface area is 111 Å². The van der Waals surface area contributed by atoms with Crippen molar-refractivity contribution in [1.29, 1.82) is 0 Å². The quantitative estimate of drug-likeness (QED) is 0.792. The number of nitrogens with zero attached hydrogens (tertiary/aromatic N) is 1. The lowest BCUT2D eigenvalue weighted by atomic mass is 10.1. The van der Waals surface area contributed by atoms with E-state index in [0.717, 1.165) is 13.1 Å². The Hall–Kier alpha value is -0.250. The standard InChI is InChI=1S/C12H15BrN2.ClH/c1-8-6-14-7-11-4-9-2-3-10(13)5-12(9)15(8)11;/h2-3,5,8,11,14H,4,6-7H2,1H3;1H. The molecule has 0 bridgehead atoms. The number of fused-ring (bicyclic) bond motifs is 3. The maximum absolute atomic E-state index is 3.56. The first kappa shape index (κ1) is 12.2. The number of piperazine rings is 1. The van der Waals surface area contributed by atoms with Crippen molar-refractivity contribution in [3.05, 3.63) is 28.2 Å². The Kier molecular flexibility index (Phi) is 3.48. The van der Waals surface area contributed by atoms with E-state index in [1.165, 1.54) is 22.1 Å². The summed E-state index contributed by atoms with van der Waals surface area (Å²) >= 11 is 3.56. The van der Waals surface area contributed by atoms with E-state index < -0.39 is 0 Å². The molecule has 4 heteroatoms. The van der Waals surface area contributed by atoms with Crippen molar-refractivity contribution in [1.82, 2.24) is 5.32 Å². The van der Waals surface area contributed by atoms with Gasteiger partial charge in [-0.05, 0) is 31.0 Å². The largest absolute Gasteiger partial charge is 0.363 e. The third kappa shape index (κ3) is 1.85. The summed E-state index contributed by atoms with van der Waals surface area (Å²) in [5.41, 5.74) is 2.93. The van der Waals surface area contributed by atoms with Gasteiger partial charge in [0.2, 0.25) is 0 Å². The molecule has 2 heterocycles. The fourth-order valence-electron chi connectivity index (χ4n) is 2.82. The van der Waals surface area contributed by atoms with Gasteiger partial charge in [-0.25, -0.2) is 0 Å². The minimum atomic E-state index is 0. The molecule has 2 nitrogen and oxygen atoms in total. The molecule has 16 heavy (non-hydrogen) atoms. The van der Waals surface area contributed by atoms with Crippen molar-refractivity contribution in [2.75, 3.05) is 18.0 Å². The second kappa shape index (κ2) is 4.55. The van der Waals surface area contributed by atoms with Gasteiger partial charge in [0.15, 0.2) is 0 Å². The molecule has 0 spiro atoms. The van der Waals surface area contributed by atoms with Crippen molar-refractivity contribution < 1.29 is 0 Å². The van der Waals surface area contributed by atoms with Gasteiger partial charge in [0.25, 0.3) is 0 Å². The van der Waals surface area contributed by atoms with Crippen molar-refractivity contribution in [2.24, 2.45) is 0 Å². The first-order chi connectivity index (χ1) is 7.25. The van der Waals surface area contributed by atoms with Crippen LogP contribution >= 0.6 is 28.3 Å². The predicted octanol–water partition coefficient (Wildman–Crippen LogP) is 2.59. The molecule has 1 aromatic rings. The molecule has 0 saturated carbocycles. The van der Waals surface area contributed by atoms with Crippen molar-refractivity contribution in [3.63, 3.8) is 0 Å². The molecule has 2 aliphatic rings. The van der Waals surface area contributed by atoms with Crippen LogP contribution in [0.4, 0.5) is 5.69 Å². The summed E-state index contributed by atoms with van der Waals surface area (Å²) in [5, 5.41) is 3.50. The number of halogens is 2. The van der Waals surface area contributed by atoms with E-state index in [1.807, 2.05) is 0 Å². The van der Waals surface area contributed by atoms with E-state index in [2.05, 4.69) is 51.3 Å². The van der Waals surface area contributed by atoms with E-state index in [-0.39, 0.29) is 12.4 Å². The van der Waals surface area contributed by atoms with Crippen LogP contribution in [0.1, 0.15) is 12.5 Å². The van der Waals surface area contributed by atoms with E-state index in [0.29, 0.717) is 12.1 Å². The summed E-state index contributed by atoms with van der Waals surface area (Å²) in [6.45, 7) is 4.52. The monoisotopic (exact) mass is 302 g/mol. The molecule has 2 unspecified atom stereocenters. The lowest BCUT2D eigenvalue weighted by molar-refractivity contribution is 0.430. The normalized spacial score (nSPS) is 27.0. The summed E-state index contributed by atoms with van der Waals surface area (Å²) in [7, 11) is 0. The molecule has 0 aromatic heterocycles. The minimum absolute atomic E-state index is 0. The van der Waals surface area contributed by atoms with Crippen LogP contribution in [-0.4, -0.2) is 25.2 Å². The number of hydrogen-bond donors (Lipinski definition) is 1. The summed E-state index contributed by atoms with van der Waals surface area (Å²) in [4.78, 5) is 2.58. The smallest absolute Gasteiger partial charge is 0.0459 e. The number of rotatable bonds is 0. The number of hydrogen-bond acceptors (Lipinski definition) is 2. The Morgan fingerprint density at radius 1 is 1.38 bits per heavy atom. The van der Waals surface area contributed by atoms with Gasteiger partial charge in [-0.15, -0.1) is 12.4 Å². The Morgan fingerprint density at radius 3 is 3.00 bits per heavy atom. The highest BCUT2D eigenvalue weighted by molar-refractivity contribution is 9.10. The molecular formula is C12H16BrClN2. The van der Waals surface area contributed by atoms with Gasteiger partial charge in [-0.3, -0.25) is 0 Å². The van der Waals surface area contributed by atoms with Gasteiger partial charge in [0.05, 0.1) is 0 Å². The van der Waals surface area contributed by atoms with E-state index >= 15 is 0 Å². The van der Waals surface area contributed by atoms with Crippen LogP contribution in [0.5, 0.6) is 0 Å². The summed E-state index contributed by atoms with van der Waals surface area (Å²) < 4.78 is 1.19. The summed E-state index contributed by atoms with van der Waals surface area (Å²) in [6, 6.07) is 7.94. The SMILES string of the molecule is CC1CNCC2Cc3ccc(Br)cc3N12.Cl. The van der Waals surface area contributed by atoms with E-state index in [1.54, 1.807) is 0 Å². The molecule has 0 amide bonds. The molecule has 2 atom stereocenters. The third-order valence-corrected chi connectivity index (χ3v) is 3.96. The van der Waals surface area contributed by atoms with E-state index in [9.17, 15) is 0 Å². The maximum atomic E-state index is 3.56. The van der Waals surface area contributed by atoms with Crippen LogP contribution in [0, 0.1) is 0 Å². The highest BCUT2D eigenvalue weighted by Gasteiger charge is 2.34. The average molecular weight is 304 g/mol. The second-order valence-corrected chi connectivity index (χ2v) is 5.46. The third-order valence-electron chi connectivity index (χ3n) is 3.47. The summed E-state index contributed by atoms with van der Waals surface area (Å²) in [6.07, 6.45) is 1.19. The molecule has 2 aliphatic heterocycles. The molecule has 0 radical (unpaired) electrons. The number of anilines is 1. The maximum Gasteiger partial charge on any atom is 0.0459 e. The van der Waals surface area contributed by atoms with Crippen LogP contribution in [0.15, 0.2) is 22.7 Å². The minimum Gasteiger partial charge on any atom is -0.363 e. The van der Waals surface area contributed by atoms with E-state index in [4.69, 9.17) is 0 Å². The van der Waals surface area contributed by atoms with Crippen molar-refractivity contribution >= 4 is 34.0 Å². The Balaban J connectivity index is 0.000000963. The first-order valence-corrected chi connectivity index (χ1v) is 6.32. The fourth-order valence-corrected chi connectivity index (χ4v) is 3.17. The van der Waals surface area contributed by atoms with Crippen LogP contribution < -0.4 is 10.2 Å². The van der Waals surface area contributed by atoms with Crippen LogP contribution in [0.3, 0.4) is 0 Å². The fraction of sp³-hybridized carbons (Fsp3) is 0.500. The molecule has 1 saturated heterocycles. The molecule has 88 valence electrons. The Morgan fingerprint density at radius 2 is 2.19 bits per heavy atom. The number of nitrogens with one attached hydrogen (secondary N) is 1. The lowest BCUT2D eigenvalue weighted by Crippen LogP contribution is -2.54. The molecule has 3 rings (SSSR count). The van der Waals surface area contributed by atoms with Gasteiger partial charge in [-0.1, -0.05) is 22.0 Å². The van der Waals surface area contributed by atoms with Gasteiger partial charge in [0.1, 0.15) is 0 Å². The Bertz CT molecular complexity index is 397. The number of benzene rings is 1. The van der Waals surface area contributed by atoms with Gasteiger partial charge < -0.3 is 10.2 Å². The van der Waals surface area contributed by atoms with Gasteiger partial charge >= 0.3 is 0 Å². The van der Waals surface area contributed by atoms with Gasteiger partial charge in [0, 0.05) is 35.3 Å². The summed E-state index contributed by atoms with van der Waals surface area (Å²) in [5.74, 6) is 0. The van der Waals surface area contributed by atoms with Crippen LogP contribution in [-0.2, 0) is 6.42 Å². The molecule has 1 fully saturated rings. The second-order valence-electron chi connectivity index (χ2n) is 4.55. The topological polar surface area (TPSA) is 15.3 Å². The zero-order chi connectivity index (χ0) is 10.4. The predicted molar refractivity (Wildman–Crippen MR) is 73.7 cm³/mol. The molecule has 0 aliphatic carbocycles. The zero-order valence-electron chi connectivity index (χ0n) is 9.24. The molecule has 1 N–H and O–H groups in total. The molecule has 1 aromatic carbocycles. The van der Waals surface area contributed by atoms with Crippen molar-refractivity contribution in [3.8, 4) is 0 Å². The average Bonchev–Trinajstić information content (AvgIpc) is 2.57.